The molecule has 1 spiro atoms. The van der Waals surface area contributed by atoms with Crippen LogP contribution in [0.1, 0.15) is 31.2 Å². The molecule has 3 heterocycles. The molecule has 1 N–H and O–H groups in total. The second-order valence-corrected chi connectivity index (χ2v) is 9.83. The second kappa shape index (κ2) is 10.9. The van der Waals surface area contributed by atoms with Crippen LogP contribution >= 0.6 is 23.2 Å². The van der Waals surface area contributed by atoms with Crippen LogP contribution in [-0.4, -0.2) is 89.9 Å². The number of carbonyl (C=O) groups excluding carboxylic acids is 4. The third kappa shape index (κ3) is 6.27. The summed E-state index contributed by atoms with van der Waals surface area (Å²) in [7, 11) is 0. The molecule has 4 amide bonds. The number of nitrogens with one attached hydrogen (secondary N) is 1. The Balaban J connectivity index is 1.23. The second-order valence-electron chi connectivity index (χ2n) is 9.02. The molecule has 9 nitrogen and oxygen atoms in total. The minimum atomic E-state index is -0.501. The van der Waals surface area contributed by atoms with E-state index in [0.29, 0.717) is 68.7 Å². The molecule has 0 bridgehead atoms. The minimum Gasteiger partial charge on any atom is -0.441 e. The number of amides is 4. The number of hydrogen-bond donors (Lipinski definition) is 1. The zero-order valence-electron chi connectivity index (χ0n) is 19.3. The smallest absolute Gasteiger partial charge is 0.407 e. The standard InChI is InChI=1S/C24H28Cl2N4O5/c25-18-3-1-17(15-19(18)26)2-4-20(31)28-9-5-21(32)29(14-13-28)10-6-22(33)30-11-7-24(8-12-30)16-27-23(34)35-24/h1-4,15H,5-14,16H2,(H,27,34)/b4-2+. The first-order valence-electron chi connectivity index (χ1n) is 11.7. The van der Waals surface area contributed by atoms with Crippen LogP contribution in [-0.2, 0) is 19.1 Å². The van der Waals surface area contributed by atoms with Gasteiger partial charge in [0.05, 0.1) is 16.6 Å². The van der Waals surface area contributed by atoms with Gasteiger partial charge in [0.25, 0.3) is 0 Å². The highest BCUT2D eigenvalue weighted by molar-refractivity contribution is 6.42. The maximum absolute atomic E-state index is 12.7. The minimum absolute atomic E-state index is 0.0216. The van der Waals surface area contributed by atoms with Crippen molar-refractivity contribution in [3.05, 3.63) is 39.9 Å². The van der Waals surface area contributed by atoms with Crippen molar-refractivity contribution in [3.8, 4) is 0 Å². The third-order valence-electron chi connectivity index (χ3n) is 6.75. The van der Waals surface area contributed by atoms with E-state index < -0.39 is 11.7 Å². The van der Waals surface area contributed by atoms with Crippen molar-refractivity contribution in [2.24, 2.45) is 0 Å². The summed E-state index contributed by atoms with van der Waals surface area (Å²) < 4.78 is 5.39. The molecule has 0 radical (unpaired) electrons. The van der Waals surface area contributed by atoms with E-state index in [1.807, 2.05) is 0 Å². The summed E-state index contributed by atoms with van der Waals surface area (Å²) in [6, 6.07) is 5.11. The highest BCUT2D eigenvalue weighted by Gasteiger charge is 2.43. The highest BCUT2D eigenvalue weighted by atomic mass is 35.5. The van der Waals surface area contributed by atoms with Gasteiger partial charge in [0.2, 0.25) is 17.7 Å². The van der Waals surface area contributed by atoms with Gasteiger partial charge >= 0.3 is 6.09 Å². The molecule has 11 heteroatoms. The molecule has 0 saturated carbocycles. The lowest BCUT2D eigenvalue weighted by Crippen LogP contribution is -2.49. The molecule has 3 aliphatic heterocycles. The van der Waals surface area contributed by atoms with Crippen LogP contribution in [0.25, 0.3) is 6.08 Å². The zero-order valence-corrected chi connectivity index (χ0v) is 20.8. The van der Waals surface area contributed by atoms with Gasteiger partial charge in [-0.25, -0.2) is 4.79 Å². The van der Waals surface area contributed by atoms with E-state index in [-0.39, 0.29) is 30.6 Å². The summed E-state index contributed by atoms with van der Waals surface area (Å²) >= 11 is 11.9. The molecule has 0 atom stereocenters. The first-order valence-corrected chi connectivity index (χ1v) is 12.4. The van der Waals surface area contributed by atoms with E-state index >= 15 is 0 Å². The average molecular weight is 523 g/mol. The molecule has 3 aliphatic rings. The maximum atomic E-state index is 12.7. The molecule has 1 aromatic rings. The average Bonchev–Trinajstić information content (AvgIpc) is 3.09. The van der Waals surface area contributed by atoms with E-state index in [1.165, 1.54) is 6.08 Å². The van der Waals surface area contributed by atoms with Crippen LogP contribution in [0.2, 0.25) is 10.0 Å². The molecular formula is C24H28Cl2N4O5. The quantitative estimate of drug-likeness (QED) is 0.599. The van der Waals surface area contributed by atoms with E-state index in [2.05, 4.69) is 5.32 Å². The van der Waals surface area contributed by atoms with Crippen LogP contribution in [0.3, 0.4) is 0 Å². The molecule has 3 saturated heterocycles. The summed E-state index contributed by atoms with van der Waals surface area (Å²) in [4.78, 5) is 54.4. The van der Waals surface area contributed by atoms with E-state index in [4.69, 9.17) is 27.9 Å². The van der Waals surface area contributed by atoms with Gasteiger partial charge in [-0.1, -0.05) is 29.3 Å². The van der Waals surface area contributed by atoms with Crippen LogP contribution in [0, 0.1) is 0 Å². The summed E-state index contributed by atoms with van der Waals surface area (Å²) in [5.41, 5.74) is 0.253. The van der Waals surface area contributed by atoms with Crippen LogP contribution in [0.15, 0.2) is 24.3 Å². The number of halogens is 2. The topological polar surface area (TPSA) is 99.3 Å². The molecule has 188 valence electrons. The van der Waals surface area contributed by atoms with Crippen molar-refractivity contribution in [2.75, 3.05) is 45.8 Å². The Hall–Kier alpha value is -2.78. The van der Waals surface area contributed by atoms with Gasteiger partial charge in [-0.15, -0.1) is 0 Å². The van der Waals surface area contributed by atoms with Crippen LogP contribution in [0.4, 0.5) is 4.79 Å². The van der Waals surface area contributed by atoms with Gasteiger partial charge < -0.3 is 24.8 Å². The summed E-state index contributed by atoms with van der Waals surface area (Å²) in [5, 5.41) is 3.54. The number of ether oxygens (including phenoxy) is 1. The van der Waals surface area contributed by atoms with E-state index in [9.17, 15) is 19.2 Å². The Morgan fingerprint density at radius 2 is 1.80 bits per heavy atom. The van der Waals surface area contributed by atoms with Crippen LogP contribution < -0.4 is 5.32 Å². The molecule has 0 unspecified atom stereocenters. The number of piperidine rings is 1. The van der Waals surface area contributed by atoms with Gasteiger partial charge in [-0.05, 0) is 23.8 Å². The van der Waals surface area contributed by atoms with Crippen molar-refractivity contribution in [1.29, 1.82) is 0 Å². The SMILES string of the molecule is O=C1NCC2(CCN(C(=O)CCN3CCN(C(=O)/C=C/c4ccc(Cl)c(Cl)c4)CCC3=O)CC2)O1. The fraction of sp³-hybridized carbons (Fsp3) is 0.500. The van der Waals surface area contributed by atoms with Gasteiger partial charge in [0, 0.05) is 71.0 Å². The first kappa shape index (κ1) is 25.3. The van der Waals surface area contributed by atoms with Crippen molar-refractivity contribution in [3.63, 3.8) is 0 Å². The lowest BCUT2D eigenvalue weighted by molar-refractivity contribution is -0.136. The Morgan fingerprint density at radius 1 is 1.03 bits per heavy atom. The molecular weight excluding hydrogens is 495 g/mol. The first-order chi connectivity index (χ1) is 16.7. The number of rotatable bonds is 5. The number of hydrogen-bond acceptors (Lipinski definition) is 5. The van der Waals surface area contributed by atoms with Gasteiger partial charge in [0.15, 0.2) is 0 Å². The maximum Gasteiger partial charge on any atom is 0.407 e. The van der Waals surface area contributed by atoms with Crippen molar-refractivity contribution < 1.29 is 23.9 Å². The molecule has 35 heavy (non-hydrogen) atoms. The molecule has 0 aromatic heterocycles. The van der Waals surface area contributed by atoms with Gasteiger partial charge in [-0.2, -0.15) is 0 Å². The highest BCUT2D eigenvalue weighted by Crippen LogP contribution is 2.29. The Labute approximate surface area is 213 Å². The summed E-state index contributed by atoms with van der Waals surface area (Å²) in [5.74, 6) is -0.277. The predicted molar refractivity (Wildman–Crippen MR) is 131 cm³/mol. The Kier molecular flexibility index (Phi) is 7.86. The van der Waals surface area contributed by atoms with E-state index in [0.717, 1.165) is 5.56 Å². The Morgan fingerprint density at radius 3 is 2.49 bits per heavy atom. The number of likely N-dealkylation sites (tertiary alicyclic amines) is 1. The third-order valence-corrected chi connectivity index (χ3v) is 7.49. The molecule has 0 aliphatic carbocycles. The summed E-state index contributed by atoms with van der Waals surface area (Å²) in [6.45, 7) is 2.95. The largest absolute Gasteiger partial charge is 0.441 e. The molecule has 4 rings (SSSR count). The molecule has 1 aromatic carbocycles. The lowest BCUT2D eigenvalue weighted by Gasteiger charge is -2.37. The van der Waals surface area contributed by atoms with Crippen molar-refractivity contribution in [2.45, 2.75) is 31.3 Å². The van der Waals surface area contributed by atoms with Gasteiger partial charge in [0.1, 0.15) is 5.60 Å². The Bertz CT molecular complexity index is 1040. The normalized spacial score (nSPS) is 20.2. The zero-order chi connectivity index (χ0) is 25.0. The number of nitrogens with zero attached hydrogens (tertiary/aromatic N) is 3. The number of alkyl carbamates (subject to hydrolysis) is 1. The monoisotopic (exact) mass is 522 g/mol. The van der Waals surface area contributed by atoms with Crippen LogP contribution in [0.5, 0.6) is 0 Å². The van der Waals surface area contributed by atoms with Crippen molar-refractivity contribution >= 4 is 53.1 Å². The predicted octanol–water partition coefficient (Wildman–Crippen LogP) is 2.56. The summed E-state index contributed by atoms with van der Waals surface area (Å²) in [6.07, 6.45) is 4.37. The fourth-order valence-corrected chi connectivity index (χ4v) is 4.85. The fourth-order valence-electron chi connectivity index (χ4n) is 4.55. The van der Waals surface area contributed by atoms with E-state index in [1.54, 1.807) is 39.0 Å². The molecule has 3 fully saturated rings. The van der Waals surface area contributed by atoms with Gasteiger partial charge in [-0.3, -0.25) is 14.4 Å². The number of carbonyl (C=O) groups is 4. The number of benzene rings is 1. The van der Waals surface area contributed by atoms with Crippen molar-refractivity contribution in [1.82, 2.24) is 20.0 Å². The lowest BCUT2D eigenvalue weighted by atomic mass is 9.91.